The zero-order valence-corrected chi connectivity index (χ0v) is 11.8. The van der Waals surface area contributed by atoms with Gasteiger partial charge in [0.05, 0.1) is 0 Å². The van der Waals surface area contributed by atoms with Crippen LogP contribution in [0.15, 0.2) is 36.7 Å². The summed E-state index contributed by atoms with van der Waals surface area (Å²) in [6.45, 7) is 4.76. The molecule has 0 bridgehead atoms. The summed E-state index contributed by atoms with van der Waals surface area (Å²) in [5, 5.41) is 6.26. The highest BCUT2D eigenvalue weighted by Crippen LogP contribution is 2.38. The predicted octanol–water partition coefficient (Wildman–Crippen LogP) is 4.62. The highest BCUT2D eigenvalue weighted by Gasteiger charge is 2.32. The van der Waals surface area contributed by atoms with Gasteiger partial charge in [-0.2, -0.15) is 0 Å². The van der Waals surface area contributed by atoms with Gasteiger partial charge < -0.3 is 5.32 Å². The quantitative estimate of drug-likeness (QED) is 0.846. The van der Waals surface area contributed by atoms with Crippen molar-refractivity contribution in [1.82, 2.24) is 4.98 Å². The van der Waals surface area contributed by atoms with Gasteiger partial charge >= 0.3 is 0 Å². The zero-order chi connectivity index (χ0) is 13.3. The van der Waals surface area contributed by atoms with Crippen molar-refractivity contribution in [3.05, 3.63) is 36.7 Å². The Morgan fingerprint density at radius 1 is 1.21 bits per heavy atom. The van der Waals surface area contributed by atoms with Gasteiger partial charge in [0.25, 0.3) is 0 Å². The van der Waals surface area contributed by atoms with Gasteiger partial charge in [0, 0.05) is 29.5 Å². The Balaban J connectivity index is 1.93. The lowest BCUT2D eigenvalue weighted by molar-refractivity contribution is 0.217. The predicted molar refractivity (Wildman–Crippen MR) is 81.4 cm³/mol. The molecule has 1 aliphatic carbocycles. The molecule has 2 heteroatoms. The average molecular weight is 254 g/mol. The monoisotopic (exact) mass is 254 g/mol. The number of hydrogen-bond donors (Lipinski definition) is 1. The number of benzene rings is 1. The molecule has 1 aromatic heterocycles. The normalized spacial score (nSPS) is 22.3. The lowest BCUT2D eigenvalue weighted by Crippen LogP contribution is -2.38. The lowest BCUT2D eigenvalue weighted by Gasteiger charge is -2.39. The Kier molecular flexibility index (Phi) is 3.17. The minimum Gasteiger partial charge on any atom is -0.381 e. The van der Waals surface area contributed by atoms with E-state index >= 15 is 0 Å². The van der Waals surface area contributed by atoms with Crippen molar-refractivity contribution in [3.63, 3.8) is 0 Å². The van der Waals surface area contributed by atoms with E-state index in [1.807, 2.05) is 12.4 Å². The number of aromatic nitrogens is 1. The Morgan fingerprint density at radius 2 is 2.11 bits per heavy atom. The Morgan fingerprint density at radius 3 is 2.95 bits per heavy atom. The van der Waals surface area contributed by atoms with Gasteiger partial charge in [0.1, 0.15) is 0 Å². The van der Waals surface area contributed by atoms with E-state index in [9.17, 15) is 0 Å². The van der Waals surface area contributed by atoms with E-state index in [0.717, 1.165) is 0 Å². The van der Waals surface area contributed by atoms with Gasteiger partial charge in [-0.15, -0.1) is 0 Å². The molecular weight excluding hydrogens is 232 g/mol. The van der Waals surface area contributed by atoms with Crippen LogP contribution in [0.5, 0.6) is 0 Å². The molecule has 0 spiro atoms. The van der Waals surface area contributed by atoms with Crippen molar-refractivity contribution in [2.24, 2.45) is 5.41 Å². The molecule has 100 valence electrons. The Hall–Kier alpha value is -1.57. The number of anilines is 1. The second kappa shape index (κ2) is 4.84. The van der Waals surface area contributed by atoms with Crippen LogP contribution in [0.2, 0.25) is 0 Å². The molecule has 1 heterocycles. The fourth-order valence-corrected chi connectivity index (χ4v) is 3.19. The van der Waals surface area contributed by atoms with Crippen LogP contribution in [0.3, 0.4) is 0 Å². The fourth-order valence-electron chi connectivity index (χ4n) is 3.19. The summed E-state index contributed by atoms with van der Waals surface area (Å²) < 4.78 is 0. The molecule has 0 amide bonds. The molecule has 1 saturated carbocycles. The molecule has 0 aliphatic heterocycles. The van der Waals surface area contributed by atoms with Crippen LogP contribution in [0.4, 0.5) is 5.69 Å². The molecule has 0 saturated heterocycles. The number of pyridine rings is 1. The molecule has 19 heavy (non-hydrogen) atoms. The summed E-state index contributed by atoms with van der Waals surface area (Å²) in [4.78, 5) is 4.26. The third-order valence-corrected chi connectivity index (χ3v) is 4.52. The second-order valence-electron chi connectivity index (χ2n) is 6.33. The lowest BCUT2D eigenvalue weighted by atomic mass is 9.73. The summed E-state index contributed by atoms with van der Waals surface area (Å²) in [7, 11) is 0. The summed E-state index contributed by atoms with van der Waals surface area (Å²) in [5.74, 6) is 0. The third-order valence-electron chi connectivity index (χ3n) is 4.52. The topological polar surface area (TPSA) is 24.9 Å². The molecule has 1 fully saturated rings. The van der Waals surface area contributed by atoms with E-state index in [2.05, 4.69) is 48.4 Å². The van der Waals surface area contributed by atoms with Gasteiger partial charge in [-0.3, -0.25) is 4.98 Å². The molecule has 1 atom stereocenters. The third kappa shape index (κ3) is 2.44. The van der Waals surface area contributed by atoms with E-state index < -0.39 is 0 Å². The first kappa shape index (κ1) is 12.5. The van der Waals surface area contributed by atoms with Crippen LogP contribution >= 0.6 is 0 Å². The molecule has 2 nitrogen and oxygen atoms in total. The van der Waals surface area contributed by atoms with Gasteiger partial charge in [0.2, 0.25) is 0 Å². The van der Waals surface area contributed by atoms with Crippen LogP contribution in [0.1, 0.15) is 39.5 Å². The van der Waals surface area contributed by atoms with Crippen LogP contribution in [-0.4, -0.2) is 11.0 Å². The zero-order valence-electron chi connectivity index (χ0n) is 11.8. The first-order chi connectivity index (χ1) is 9.17. The van der Waals surface area contributed by atoms with Gasteiger partial charge in [-0.05, 0) is 35.8 Å². The number of hydrogen-bond acceptors (Lipinski definition) is 2. The fraction of sp³-hybridized carbons (Fsp3) is 0.471. The Labute approximate surface area is 115 Å². The molecule has 1 N–H and O–H groups in total. The standard InChI is InChI=1S/C17H22N2/c1-17(2)10-4-3-8-16(17)19-15-7-5-6-13-9-11-18-12-14(13)15/h5-7,9,11-12,16,19H,3-4,8,10H2,1-2H3. The summed E-state index contributed by atoms with van der Waals surface area (Å²) in [6, 6.07) is 9.09. The second-order valence-corrected chi connectivity index (χ2v) is 6.33. The van der Waals surface area contributed by atoms with Crippen LogP contribution in [0, 0.1) is 5.41 Å². The minimum absolute atomic E-state index is 0.378. The summed E-state index contributed by atoms with van der Waals surface area (Å²) in [5.41, 5.74) is 1.60. The van der Waals surface area contributed by atoms with Crippen LogP contribution in [-0.2, 0) is 0 Å². The van der Waals surface area contributed by atoms with Crippen molar-refractivity contribution in [2.75, 3.05) is 5.32 Å². The van der Waals surface area contributed by atoms with Crippen molar-refractivity contribution in [2.45, 2.75) is 45.6 Å². The molecule has 0 radical (unpaired) electrons. The molecule has 1 aliphatic rings. The molecule has 1 aromatic carbocycles. The van der Waals surface area contributed by atoms with E-state index in [1.54, 1.807) is 0 Å². The van der Waals surface area contributed by atoms with E-state index in [4.69, 9.17) is 0 Å². The number of nitrogens with zero attached hydrogens (tertiary/aromatic N) is 1. The molecule has 3 rings (SSSR count). The summed E-state index contributed by atoms with van der Waals surface area (Å²) in [6.07, 6.45) is 9.11. The highest BCUT2D eigenvalue weighted by molar-refractivity contribution is 5.93. The highest BCUT2D eigenvalue weighted by atomic mass is 14.9. The summed E-state index contributed by atoms with van der Waals surface area (Å²) >= 11 is 0. The average Bonchev–Trinajstić information content (AvgIpc) is 2.41. The van der Waals surface area contributed by atoms with Crippen molar-refractivity contribution in [3.8, 4) is 0 Å². The van der Waals surface area contributed by atoms with Crippen molar-refractivity contribution < 1.29 is 0 Å². The van der Waals surface area contributed by atoms with Gasteiger partial charge in [-0.25, -0.2) is 0 Å². The number of rotatable bonds is 2. The molecular formula is C17H22N2. The smallest absolute Gasteiger partial charge is 0.0437 e. The van der Waals surface area contributed by atoms with Crippen molar-refractivity contribution >= 4 is 16.5 Å². The van der Waals surface area contributed by atoms with E-state index in [1.165, 1.54) is 42.1 Å². The molecule has 1 unspecified atom stereocenters. The van der Waals surface area contributed by atoms with Crippen LogP contribution in [0.25, 0.3) is 10.8 Å². The van der Waals surface area contributed by atoms with Gasteiger partial charge in [-0.1, -0.05) is 38.8 Å². The number of fused-ring (bicyclic) bond motifs is 1. The van der Waals surface area contributed by atoms with Crippen LogP contribution < -0.4 is 5.32 Å². The first-order valence-corrected chi connectivity index (χ1v) is 7.26. The number of nitrogens with one attached hydrogen (secondary N) is 1. The Bertz CT molecular complexity index is 569. The SMILES string of the molecule is CC1(C)CCCCC1Nc1cccc2ccncc12. The van der Waals surface area contributed by atoms with E-state index in [-0.39, 0.29) is 0 Å². The minimum atomic E-state index is 0.378. The first-order valence-electron chi connectivity index (χ1n) is 7.26. The van der Waals surface area contributed by atoms with Gasteiger partial charge in [0.15, 0.2) is 0 Å². The van der Waals surface area contributed by atoms with E-state index in [0.29, 0.717) is 11.5 Å². The maximum absolute atomic E-state index is 4.26. The maximum atomic E-state index is 4.26. The largest absolute Gasteiger partial charge is 0.381 e. The molecule has 2 aromatic rings. The van der Waals surface area contributed by atoms with Crippen molar-refractivity contribution in [1.29, 1.82) is 0 Å². The maximum Gasteiger partial charge on any atom is 0.0437 e.